The fraction of sp³-hybridized carbons (Fsp3) is 0.417. The Balaban J connectivity index is 1.99. The molecular formula is C12H14N2O6S. The van der Waals surface area contributed by atoms with E-state index in [1.165, 1.54) is 18.3 Å². The molecule has 0 radical (unpaired) electrons. The molecule has 8 nitrogen and oxygen atoms in total. The van der Waals surface area contributed by atoms with Gasteiger partial charge in [-0.1, -0.05) is 0 Å². The van der Waals surface area contributed by atoms with Crippen molar-refractivity contribution in [3.8, 4) is 0 Å². The summed E-state index contributed by atoms with van der Waals surface area (Å²) in [6.45, 7) is 0. The zero-order chi connectivity index (χ0) is 15.6. The van der Waals surface area contributed by atoms with E-state index in [9.17, 15) is 18.0 Å². The third-order valence-electron chi connectivity index (χ3n) is 2.97. The molecule has 21 heavy (non-hydrogen) atoms. The van der Waals surface area contributed by atoms with Crippen molar-refractivity contribution in [3.63, 3.8) is 0 Å². The minimum atomic E-state index is -3.39. The summed E-state index contributed by atoms with van der Waals surface area (Å²) in [6, 6.07) is 2.69. The molecule has 1 amide bonds. The number of nitrogens with zero attached hydrogens (tertiary/aromatic N) is 1. The molecule has 2 N–H and O–H groups in total. The number of carbonyl (C=O) groups is 2. The average molecular weight is 314 g/mol. The maximum absolute atomic E-state index is 11.9. The van der Waals surface area contributed by atoms with Crippen molar-refractivity contribution in [3.05, 3.63) is 18.3 Å². The zero-order valence-electron chi connectivity index (χ0n) is 11.1. The van der Waals surface area contributed by atoms with E-state index in [0.29, 0.717) is 12.1 Å². The molecule has 2 rings (SSSR count). The second kappa shape index (κ2) is 5.78. The van der Waals surface area contributed by atoms with Gasteiger partial charge in [-0.25, -0.2) is 18.2 Å². The predicted octanol–water partition coefficient (Wildman–Crippen LogP) is 0.0558. The Morgan fingerprint density at radius 2 is 2.00 bits per heavy atom. The van der Waals surface area contributed by atoms with Crippen molar-refractivity contribution in [2.45, 2.75) is 30.1 Å². The molecule has 114 valence electrons. The topological polar surface area (TPSA) is 123 Å². The van der Waals surface area contributed by atoms with E-state index >= 15 is 0 Å². The maximum Gasteiger partial charge on any atom is 0.332 e. The Labute approximate surface area is 121 Å². The van der Waals surface area contributed by atoms with E-state index in [1.54, 1.807) is 0 Å². The first-order valence-electron chi connectivity index (χ1n) is 6.12. The number of sulfone groups is 1. The lowest BCUT2D eigenvalue weighted by Crippen LogP contribution is -2.30. The van der Waals surface area contributed by atoms with Gasteiger partial charge in [-0.05, 0) is 25.0 Å². The SMILES string of the molecule is CS(=O)(=O)c1ccc(NC(=O)[C@@H]2CC[C@H](C(=O)O)O2)cn1. The molecule has 2 atom stereocenters. The number of hydrogen-bond acceptors (Lipinski definition) is 6. The number of amides is 1. The molecular weight excluding hydrogens is 300 g/mol. The molecule has 1 aliphatic heterocycles. The van der Waals surface area contributed by atoms with Gasteiger partial charge in [0.15, 0.2) is 21.0 Å². The standard InChI is InChI=1S/C12H14N2O6S/c1-21(18,19)10-5-2-7(6-13-10)14-11(15)8-3-4-9(20-8)12(16)17/h2,5-6,8-9H,3-4H2,1H3,(H,14,15)(H,16,17)/t8-,9+/m0/s1. The maximum atomic E-state index is 11.9. The van der Waals surface area contributed by atoms with Crippen molar-refractivity contribution in [1.29, 1.82) is 0 Å². The third kappa shape index (κ3) is 3.76. The van der Waals surface area contributed by atoms with Crippen LogP contribution in [0.3, 0.4) is 0 Å². The fourth-order valence-corrected chi connectivity index (χ4v) is 2.47. The van der Waals surface area contributed by atoms with Gasteiger partial charge in [-0.3, -0.25) is 4.79 Å². The first-order chi connectivity index (χ1) is 9.77. The molecule has 0 unspecified atom stereocenters. The summed E-state index contributed by atoms with van der Waals surface area (Å²) < 4.78 is 27.6. The lowest BCUT2D eigenvalue weighted by atomic mass is 10.2. The first-order valence-corrected chi connectivity index (χ1v) is 8.02. The Morgan fingerprint density at radius 3 is 2.48 bits per heavy atom. The van der Waals surface area contributed by atoms with Gasteiger partial charge in [-0.2, -0.15) is 0 Å². The summed E-state index contributed by atoms with van der Waals surface area (Å²) in [5, 5.41) is 11.2. The second-order valence-electron chi connectivity index (χ2n) is 4.68. The Kier molecular flexibility index (Phi) is 4.24. The quantitative estimate of drug-likeness (QED) is 0.805. The predicted molar refractivity (Wildman–Crippen MR) is 71.5 cm³/mol. The van der Waals surface area contributed by atoms with Crippen LogP contribution in [-0.2, 0) is 24.2 Å². The minimum absolute atomic E-state index is 0.0939. The van der Waals surface area contributed by atoms with Crippen LogP contribution in [0.15, 0.2) is 23.4 Å². The van der Waals surface area contributed by atoms with Gasteiger partial charge in [-0.15, -0.1) is 0 Å². The number of aliphatic carboxylic acids is 1. The monoisotopic (exact) mass is 314 g/mol. The highest BCUT2D eigenvalue weighted by Crippen LogP contribution is 2.21. The first kappa shape index (κ1) is 15.4. The van der Waals surface area contributed by atoms with Crippen molar-refractivity contribution in [1.82, 2.24) is 4.98 Å². The molecule has 0 aromatic carbocycles. The highest BCUT2D eigenvalue weighted by molar-refractivity contribution is 7.90. The number of carboxylic acids is 1. The molecule has 0 saturated carbocycles. The van der Waals surface area contributed by atoms with E-state index in [2.05, 4.69) is 10.3 Å². The lowest BCUT2D eigenvalue weighted by molar-refractivity contribution is -0.150. The van der Waals surface area contributed by atoms with Gasteiger partial charge in [0.05, 0.1) is 11.9 Å². The minimum Gasteiger partial charge on any atom is -0.479 e. The fourth-order valence-electron chi connectivity index (χ4n) is 1.91. The van der Waals surface area contributed by atoms with Gasteiger partial charge in [0, 0.05) is 6.26 Å². The van der Waals surface area contributed by atoms with Gasteiger partial charge in [0.25, 0.3) is 5.91 Å². The molecule has 9 heteroatoms. The van der Waals surface area contributed by atoms with Crippen LogP contribution in [0.5, 0.6) is 0 Å². The summed E-state index contributed by atoms with van der Waals surface area (Å²) in [5.41, 5.74) is 0.315. The van der Waals surface area contributed by atoms with Gasteiger partial charge < -0.3 is 15.2 Å². The molecule has 1 aromatic heterocycles. The summed E-state index contributed by atoms with van der Waals surface area (Å²) in [7, 11) is -3.39. The van der Waals surface area contributed by atoms with Gasteiger partial charge in [0.2, 0.25) is 0 Å². The number of rotatable bonds is 4. The number of anilines is 1. The smallest absolute Gasteiger partial charge is 0.332 e. The van der Waals surface area contributed by atoms with E-state index in [0.717, 1.165) is 6.26 Å². The average Bonchev–Trinajstić information content (AvgIpc) is 2.88. The molecule has 1 fully saturated rings. The van der Waals surface area contributed by atoms with Crippen molar-refractivity contribution >= 4 is 27.4 Å². The number of aromatic nitrogens is 1. The van der Waals surface area contributed by atoms with E-state index in [1.807, 2.05) is 0 Å². The zero-order valence-corrected chi connectivity index (χ0v) is 12.0. The van der Waals surface area contributed by atoms with Crippen molar-refractivity contribution in [2.24, 2.45) is 0 Å². The third-order valence-corrected chi connectivity index (χ3v) is 3.97. The summed E-state index contributed by atoms with van der Waals surface area (Å²) in [6.07, 6.45) is 1.05. The molecule has 1 aliphatic rings. The van der Waals surface area contributed by atoms with E-state index in [4.69, 9.17) is 9.84 Å². The number of nitrogens with one attached hydrogen (secondary N) is 1. The molecule has 1 aromatic rings. The lowest BCUT2D eigenvalue weighted by Gasteiger charge is -2.11. The highest BCUT2D eigenvalue weighted by Gasteiger charge is 2.34. The van der Waals surface area contributed by atoms with Crippen LogP contribution in [0.1, 0.15) is 12.8 Å². The van der Waals surface area contributed by atoms with Crippen LogP contribution in [0.25, 0.3) is 0 Å². The molecule has 0 bridgehead atoms. The van der Waals surface area contributed by atoms with Crippen LogP contribution < -0.4 is 5.32 Å². The number of carboxylic acid groups (broad SMARTS) is 1. The van der Waals surface area contributed by atoms with Crippen molar-refractivity contribution < 1.29 is 27.9 Å². The summed E-state index contributed by atoms with van der Waals surface area (Å²) in [4.78, 5) is 26.4. The number of ether oxygens (including phenoxy) is 1. The Morgan fingerprint density at radius 1 is 1.33 bits per heavy atom. The largest absolute Gasteiger partial charge is 0.479 e. The summed E-state index contributed by atoms with van der Waals surface area (Å²) >= 11 is 0. The second-order valence-corrected chi connectivity index (χ2v) is 6.64. The van der Waals surface area contributed by atoms with Crippen LogP contribution in [0.4, 0.5) is 5.69 Å². The van der Waals surface area contributed by atoms with Gasteiger partial charge >= 0.3 is 5.97 Å². The van der Waals surface area contributed by atoms with Crippen molar-refractivity contribution in [2.75, 3.05) is 11.6 Å². The van der Waals surface area contributed by atoms with Crippen LogP contribution in [-0.4, -0.2) is 48.8 Å². The van der Waals surface area contributed by atoms with E-state index in [-0.39, 0.29) is 11.4 Å². The van der Waals surface area contributed by atoms with Crippen LogP contribution >= 0.6 is 0 Å². The van der Waals surface area contributed by atoms with Crippen LogP contribution in [0.2, 0.25) is 0 Å². The highest BCUT2D eigenvalue weighted by atomic mass is 32.2. The van der Waals surface area contributed by atoms with Gasteiger partial charge in [0.1, 0.15) is 6.10 Å². The normalized spacial score (nSPS) is 22.0. The Bertz CT molecular complexity index is 655. The van der Waals surface area contributed by atoms with E-state index < -0.39 is 33.9 Å². The molecule has 1 saturated heterocycles. The molecule has 0 aliphatic carbocycles. The molecule has 0 spiro atoms. The summed E-state index contributed by atoms with van der Waals surface area (Å²) in [5.74, 6) is -1.57. The molecule has 2 heterocycles. The number of carbonyl (C=O) groups excluding carboxylic acids is 1. The van der Waals surface area contributed by atoms with Crippen LogP contribution in [0, 0.1) is 0 Å². The Hall–Kier alpha value is -2.00. The number of hydrogen-bond donors (Lipinski definition) is 2. The number of pyridine rings is 1.